The Balaban J connectivity index is 2.71. The van der Waals surface area contributed by atoms with E-state index in [1.54, 1.807) is 32.1 Å². The molecule has 0 heterocycles. The number of hydrogen-bond donors (Lipinski definition) is 2. The average molecular weight is 237 g/mol. The molecule has 0 fully saturated rings. The summed E-state index contributed by atoms with van der Waals surface area (Å²) in [6.45, 7) is 3.28. The van der Waals surface area contributed by atoms with Gasteiger partial charge in [0.25, 0.3) is 0 Å². The molecule has 1 unspecified atom stereocenters. The van der Waals surface area contributed by atoms with E-state index in [4.69, 9.17) is 5.11 Å². The van der Waals surface area contributed by atoms with Crippen LogP contribution in [0.1, 0.15) is 19.4 Å². The summed E-state index contributed by atoms with van der Waals surface area (Å²) >= 11 is 0. The molecular weight excluding hydrogens is 221 g/mol. The Morgan fingerprint density at radius 3 is 2.59 bits per heavy atom. The normalized spacial score (nSPS) is 13.3. The molecule has 0 radical (unpaired) electrons. The van der Waals surface area contributed by atoms with Gasteiger partial charge >= 0.3 is 0 Å². The predicted octanol–water partition coefficient (Wildman–Crippen LogP) is 1.73. The highest BCUT2D eigenvalue weighted by atomic mass is 19.1. The molecule has 0 saturated carbocycles. The Kier molecular flexibility index (Phi) is 4.84. The Hall–Kier alpha value is -1.68. The van der Waals surface area contributed by atoms with Crippen LogP contribution in [0.15, 0.2) is 29.8 Å². The predicted molar refractivity (Wildman–Crippen MR) is 64.7 cm³/mol. The SMILES string of the molecule is C/C(=C\c1ccc(F)cc1)C(=O)NC(C)CO. The van der Waals surface area contributed by atoms with Gasteiger partial charge in [-0.3, -0.25) is 4.79 Å². The van der Waals surface area contributed by atoms with Gasteiger partial charge in [0.1, 0.15) is 5.82 Å². The molecule has 0 aromatic heterocycles. The Bertz CT molecular complexity index is 412. The van der Waals surface area contributed by atoms with Crippen LogP contribution >= 0.6 is 0 Å². The van der Waals surface area contributed by atoms with Crippen molar-refractivity contribution in [3.05, 3.63) is 41.2 Å². The van der Waals surface area contributed by atoms with Crippen molar-refractivity contribution in [3.63, 3.8) is 0 Å². The lowest BCUT2D eigenvalue weighted by molar-refractivity contribution is -0.118. The van der Waals surface area contributed by atoms with E-state index in [2.05, 4.69) is 5.32 Å². The molecule has 4 heteroatoms. The number of nitrogens with one attached hydrogen (secondary N) is 1. The van der Waals surface area contributed by atoms with Crippen LogP contribution in [-0.2, 0) is 4.79 Å². The first-order chi connectivity index (χ1) is 8.02. The van der Waals surface area contributed by atoms with Crippen molar-refractivity contribution in [2.75, 3.05) is 6.61 Å². The van der Waals surface area contributed by atoms with E-state index in [1.165, 1.54) is 12.1 Å². The number of amides is 1. The summed E-state index contributed by atoms with van der Waals surface area (Å²) < 4.78 is 12.7. The van der Waals surface area contributed by atoms with Crippen LogP contribution in [0.5, 0.6) is 0 Å². The van der Waals surface area contributed by atoms with Gasteiger partial charge in [-0.2, -0.15) is 0 Å². The van der Waals surface area contributed by atoms with E-state index >= 15 is 0 Å². The topological polar surface area (TPSA) is 49.3 Å². The molecule has 0 saturated heterocycles. The molecular formula is C13H16FNO2. The zero-order valence-electron chi connectivity index (χ0n) is 9.90. The molecule has 0 spiro atoms. The largest absolute Gasteiger partial charge is 0.394 e. The number of benzene rings is 1. The average Bonchev–Trinajstić information content (AvgIpc) is 2.31. The maximum Gasteiger partial charge on any atom is 0.247 e. The minimum Gasteiger partial charge on any atom is -0.394 e. The van der Waals surface area contributed by atoms with Crippen LogP contribution in [0.25, 0.3) is 6.08 Å². The molecule has 0 aliphatic carbocycles. The van der Waals surface area contributed by atoms with E-state index in [-0.39, 0.29) is 24.4 Å². The second-order valence-corrected chi connectivity index (χ2v) is 3.94. The summed E-state index contributed by atoms with van der Waals surface area (Å²) in [5.41, 5.74) is 1.27. The van der Waals surface area contributed by atoms with Gasteiger partial charge in [0.15, 0.2) is 0 Å². The highest BCUT2D eigenvalue weighted by Crippen LogP contribution is 2.08. The molecule has 1 rings (SSSR count). The summed E-state index contributed by atoms with van der Waals surface area (Å²) in [6.07, 6.45) is 1.67. The van der Waals surface area contributed by atoms with Crippen LogP contribution < -0.4 is 5.32 Å². The standard InChI is InChI=1S/C13H16FNO2/c1-9(13(17)15-10(2)8-16)7-11-3-5-12(14)6-4-11/h3-7,10,16H,8H2,1-2H3,(H,15,17)/b9-7+. The maximum absolute atomic E-state index is 12.7. The van der Waals surface area contributed by atoms with Gasteiger partial charge in [0, 0.05) is 11.6 Å². The van der Waals surface area contributed by atoms with Crippen molar-refractivity contribution in [2.45, 2.75) is 19.9 Å². The smallest absolute Gasteiger partial charge is 0.247 e. The quantitative estimate of drug-likeness (QED) is 0.783. The monoisotopic (exact) mass is 237 g/mol. The highest BCUT2D eigenvalue weighted by molar-refractivity contribution is 5.97. The van der Waals surface area contributed by atoms with Gasteiger partial charge in [-0.1, -0.05) is 12.1 Å². The van der Waals surface area contributed by atoms with Crippen LogP contribution in [0.3, 0.4) is 0 Å². The van der Waals surface area contributed by atoms with Gasteiger partial charge in [0.2, 0.25) is 5.91 Å². The third-order valence-electron chi connectivity index (χ3n) is 2.26. The zero-order chi connectivity index (χ0) is 12.8. The summed E-state index contributed by atoms with van der Waals surface area (Å²) in [5, 5.41) is 11.4. The third-order valence-corrected chi connectivity index (χ3v) is 2.26. The second-order valence-electron chi connectivity index (χ2n) is 3.94. The minimum absolute atomic E-state index is 0.102. The van der Waals surface area contributed by atoms with E-state index < -0.39 is 0 Å². The fourth-order valence-electron chi connectivity index (χ4n) is 1.26. The molecule has 1 aromatic rings. The number of aliphatic hydroxyl groups excluding tert-OH is 1. The van der Waals surface area contributed by atoms with E-state index in [0.717, 1.165) is 5.56 Å². The number of halogens is 1. The fourth-order valence-corrected chi connectivity index (χ4v) is 1.26. The van der Waals surface area contributed by atoms with Gasteiger partial charge in [0.05, 0.1) is 6.61 Å². The number of hydrogen-bond acceptors (Lipinski definition) is 2. The lowest BCUT2D eigenvalue weighted by Gasteiger charge is -2.10. The Morgan fingerprint density at radius 2 is 2.06 bits per heavy atom. The number of carbonyl (C=O) groups excluding carboxylic acids is 1. The zero-order valence-corrected chi connectivity index (χ0v) is 9.90. The molecule has 2 N–H and O–H groups in total. The first kappa shape index (κ1) is 13.4. The van der Waals surface area contributed by atoms with Crippen molar-refractivity contribution >= 4 is 12.0 Å². The molecule has 1 aromatic carbocycles. The lowest BCUT2D eigenvalue weighted by atomic mass is 10.1. The third kappa shape index (κ3) is 4.36. The Morgan fingerprint density at radius 1 is 1.47 bits per heavy atom. The van der Waals surface area contributed by atoms with Crippen LogP contribution in [0.2, 0.25) is 0 Å². The molecule has 3 nitrogen and oxygen atoms in total. The summed E-state index contributed by atoms with van der Waals surface area (Å²) in [7, 11) is 0. The minimum atomic E-state index is -0.307. The van der Waals surface area contributed by atoms with E-state index in [1.807, 2.05) is 0 Å². The number of carbonyl (C=O) groups is 1. The molecule has 0 aliphatic rings. The van der Waals surface area contributed by atoms with E-state index in [0.29, 0.717) is 5.57 Å². The molecule has 1 amide bonds. The van der Waals surface area contributed by atoms with Gasteiger partial charge in [-0.25, -0.2) is 4.39 Å². The summed E-state index contributed by atoms with van der Waals surface area (Å²) in [5.74, 6) is -0.547. The number of rotatable bonds is 4. The molecule has 92 valence electrons. The molecule has 1 atom stereocenters. The molecule has 17 heavy (non-hydrogen) atoms. The highest BCUT2D eigenvalue weighted by Gasteiger charge is 2.07. The van der Waals surface area contributed by atoms with Crippen molar-refractivity contribution in [2.24, 2.45) is 0 Å². The first-order valence-electron chi connectivity index (χ1n) is 5.38. The molecule has 0 bridgehead atoms. The maximum atomic E-state index is 12.7. The van der Waals surface area contributed by atoms with Crippen molar-refractivity contribution in [1.82, 2.24) is 5.32 Å². The van der Waals surface area contributed by atoms with Crippen LogP contribution in [0, 0.1) is 5.82 Å². The van der Waals surface area contributed by atoms with Crippen molar-refractivity contribution in [1.29, 1.82) is 0 Å². The number of aliphatic hydroxyl groups is 1. The van der Waals surface area contributed by atoms with Crippen LogP contribution in [-0.4, -0.2) is 23.7 Å². The summed E-state index contributed by atoms with van der Waals surface area (Å²) in [6, 6.07) is 5.60. The second kappa shape index (κ2) is 6.15. The summed E-state index contributed by atoms with van der Waals surface area (Å²) in [4.78, 5) is 11.6. The van der Waals surface area contributed by atoms with Crippen molar-refractivity contribution in [3.8, 4) is 0 Å². The van der Waals surface area contributed by atoms with Crippen LogP contribution in [0.4, 0.5) is 4.39 Å². The lowest BCUT2D eigenvalue weighted by Crippen LogP contribution is -2.35. The fraction of sp³-hybridized carbons (Fsp3) is 0.308. The van der Waals surface area contributed by atoms with Gasteiger partial charge in [-0.05, 0) is 37.6 Å². The van der Waals surface area contributed by atoms with Gasteiger partial charge < -0.3 is 10.4 Å². The molecule has 0 aliphatic heterocycles. The first-order valence-corrected chi connectivity index (χ1v) is 5.38. The van der Waals surface area contributed by atoms with E-state index in [9.17, 15) is 9.18 Å². The Labute approximate surface area is 100.0 Å². The van der Waals surface area contributed by atoms with Gasteiger partial charge in [-0.15, -0.1) is 0 Å². The van der Waals surface area contributed by atoms with Crippen molar-refractivity contribution < 1.29 is 14.3 Å².